The molecule has 0 unspecified atom stereocenters. The molecule has 0 radical (unpaired) electrons. The molecule has 0 nitrogen and oxygen atoms in total. The van der Waals surface area contributed by atoms with E-state index in [1.807, 2.05) is 0 Å². The van der Waals surface area contributed by atoms with Gasteiger partial charge in [0, 0.05) is 5.41 Å². The molecular weight excluding hydrogens is 492 g/mol. The zero-order chi connectivity index (χ0) is 27.3. The summed E-state index contributed by atoms with van der Waals surface area (Å²) in [5.41, 5.74) is 10.7. The van der Waals surface area contributed by atoms with E-state index in [-0.39, 0.29) is 5.41 Å². The molecule has 1 aliphatic rings. The summed E-state index contributed by atoms with van der Waals surface area (Å²) >= 11 is 0. The first-order chi connectivity index (χ1) is 20.1. The van der Waals surface area contributed by atoms with Crippen LogP contribution in [-0.2, 0) is 5.41 Å². The maximum Gasteiger partial charge on any atom is 0.0159 e. The number of fused-ring (bicyclic) bond motifs is 5. The van der Waals surface area contributed by atoms with Gasteiger partial charge in [-0.05, 0) is 93.7 Å². The summed E-state index contributed by atoms with van der Waals surface area (Å²) < 4.78 is 0. The molecule has 0 fully saturated rings. The normalized spacial score (nSPS) is 13.8. The van der Waals surface area contributed by atoms with Crippen molar-refractivity contribution in [2.24, 2.45) is 0 Å². The molecule has 0 saturated heterocycles. The van der Waals surface area contributed by atoms with Crippen molar-refractivity contribution >= 4 is 43.1 Å². The highest BCUT2D eigenvalue weighted by Crippen LogP contribution is 2.53. The minimum atomic E-state index is -0.0528. The fourth-order valence-corrected chi connectivity index (χ4v) is 7.63. The molecule has 8 aromatic rings. The van der Waals surface area contributed by atoms with Crippen molar-refractivity contribution in [3.63, 3.8) is 0 Å². The van der Waals surface area contributed by atoms with Crippen LogP contribution in [0.25, 0.3) is 76.5 Å². The monoisotopic (exact) mass is 520 g/mol. The number of benzene rings is 8. The Morgan fingerprint density at radius 2 is 1.05 bits per heavy atom. The Labute approximate surface area is 239 Å². The second kappa shape index (κ2) is 8.05. The van der Waals surface area contributed by atoms with Crippen LogP contribution >= 0.6 is 0 Å². The molecule has 0 bridgehead atoms. The van der Waals surface area contributed by atoms with Crippen LogP contribution in [-0.4, -0.2) is 0 Å². The molecule has 0 aromatic heterocycles. The molecule has 0 N–H and O–H groups in total. The van der Waals surface area contributed by atoms with E-state index in [4.69, 9.17) is 0 Å². The van der Waals surface area contributed by atoms with Crippen molar-refractivity contribution in [2.75, 3.05) is 0 Å². The third-order valence-electron chi connectivity index (χ3n) is 9.62. The Bertz CT molecular complexity index is 2300. The summed E-state index contributed by atoms with van der Waals surface area (Å²) in [4.78, 5) is 0. The van der Waals surface area contributed by atoms with Crippen LogP contribution in [0.5, 0.6) is 0 Å². The zero-order valence-corrected chi connectivity index (χ0v) is 23.2. The Morgan fingerprint density at radius 1 is 0.390 bits per heavy atom. The highest BCUT2D eigenvalue weighted by Gasteiger charge is 2.36. The minimum absolute atomic E-state index is 0.0528. The maximum atomic E-state index is 2.46. The van der Waals surface area contributed by atoms with Gasteiger partial charge < -0.3 is 0 Å². The van der Waals surface area contributed by atoms with E-state index < -0.39 is 0 Å². The fraction of sp³-hybridized carbons (Fsp3) is 0.0732. The number of hydrogen-bond donors (Lipinski definition) is 0. The maximum absolute atomic E-state index is 2.46. The van der Waals surface area contributed by atoms with Gasteiger partial charge in [-0.2, -0.15) is 0 Å². The van der Waals surface area contributed by atoms with Gasteiger partial charge in [-0.15, -0.1) is 0 Å². The third kappa shape index (κ3) is 3.05. The predicted molar refractivity (Wildman–Crippen MR) is 176 cm³/mol. The Morgan fingerprint density at radius 3 is 1.88 bits per heavy atom. The predicted octanol–water partition coefficient (Wildman–Crippen LogP) is 11.4. The number of hydrogen-bond acceptors (Lipinski definition) is 0. The van der Waals surface area contributed by atoms with E-state index in [1.54, 1.807) is 0 Å². The summed E-state index contributed by atoms with van der Waals surface area (Å²) in [5.74, 6) is 0. The fourth-order valence-electron chi connectivity index (χ4n) is 7.63. The first kappa shape index (κ1) is 22.8. The lowest BCUT2D eigenvalue weighted by Gasteiger charge is -2.22. The van der Waals surface area contributed by atoms with Gasteiger partial charge in [-0.3, -0.25) is 0 Å². The second-order valence-corrected chi connectivity index (χ2v) is 12.1. The summed E-state index contributed by atoms with van der Waals surface area (Å²) in [6, 6.07) is 49.9. The molecule has 0 heteroatoms. The molecule has 0 spiro atoms. The smallest absolute Gasteiger partial charge is 0.0159 e. The van der Waals surface area contributed by atoms with Crippen molar-refractivity contribution in [1.82, 2.24) is 0 Å². The second-order valence-electron chi connectivity index (χ2n) is 12.1. The van der Waals surface area contributed by atoms with Gasteiger partial charge in [0.25, 0.3) is 0 Å². The van der Waals surface area contributed by atoms with Crippen molar-refractivity contribution in [3.05, 3.63) is 145 Å². The quantitative estimate of drug-likeness (QED) is 0.199. The van der Waals surface area contributed by atoms with Crippen molar-refractivity contribution in [2.45, 2.75) is 19.3 Å². The van der Waals surface area contributed by atoms with Crippen LogP contribution in [0.15, 0.2) is 133 Å². The third-order valence-corrected chi connectivity index (χ3v) is 9.62. The van der Waals surface area contributed by atoms with Gasteiger partial charge in [0.1, 0.15) is 0 Å². The van der Waals surface area contributed by atoms with Crippen LogP contribution in [0.4, 0.5) is 0 Å². The van der Waals surface area contributed by atoms with E-state index >= 15 is 0 Å². The molecule has 41 heavy (non-hydrogen) atoms. The van der Waals surface area contributed by atoms with Crippen molar-refractivity contribution < 1.29 is 0 Å². The van der Waals surface area contributed by atoms with Gasteiger partial charge in [0.15, 0.2) is 0 Å². The van der Waals surface area contributed by atoms with Crippen LogP contribution in [0.1, 0.15) is 25.0 Å². The highest BCUT2D eigenvalue weighted by atomic mass is 14.4. The summed E-state index contributed by atoms with van der Waals surface area (Å²) in [6.45, 7) is 4.75. The van der Waals surface area contributed by atoms with Crippen LogP contribution in [0, 0.1) is 0 Å². The largest absolute Gasteiger partial charge is 0.0622 e. The topological polar surface area (TPSA) is 0 Å². The van der Waals surface area contributed by atoms with Gasteiger partial charge in [-0.25, -0.2) is 0 Å². The molecule has 0 saturated carbocycles. The van der Waals surface area contributed by atoms with Crippen molar-refractivity contribution in [1.29, 1.82) is 0 Å². The summed E-state index contributed by atoms with van der Waals surface area (Å²) in [6.07, 6.45) is 0. The molecule has 1 aliphatic carbocycles. The molecule has 0 aliphatic heterocycles. The van der Waals surface area contributed by atoms with E-state index in [9.17, 15) is 0 Å². The van der Waals surface area contributed by atoms with E-state index in [2.05, 4.69) is 147 Å². The highest BCUT2D eigenvalue weighted by molar-refractivity contribution is 6.25. The lowest BCUT2D eigenvalue weighted by molar-refractivity contribution is 0.661. The summed E-state index contributed by atoms with van der Waals surface area (Å²) in [5, 5.41) is 10.6. The Balaban J connectivity index is 1.32. The van der Waals surface area contributed by atoms with Crippen molar-refractivity contribution in [3.8, 4) is 33.4 Å². The molecule has 0 atom stereocenters. The minimum Gasteiger partial charge on any atom is -0.0622 e. The average Bonchev–Trinajstić information content (AvgIpc) is 3.26. The van der Waals surface area contributed by atoms with Gasteiger partial charge in [0.2, 0.25) is 0 Å². The van der Waals surface area contributed by atoms with Crippen LogP contribution < -0.4 is 0 Å². The molecular formula is C41H28. The molecule has 0 heterocycles. The zero-order valence-electron chi connectivity index (χ0n) is 23.2. The van der Waals surface area contributed by atoms with Crippen LogP contribution in [0.3, 0.4) is 0 Å². The lowest BCUT2D eigenvalue weighted by Crippen LogP contribution is -2.14. The summed E-state index contributed by atoms with van der Waals surface area (Å²) in [7, 11) is 0. The van der Waals surface area contributed by atoms with Gasteiger partial charge >= 0.3 is 0 Å². The average molecular weight is 521 g/mol. The van der Waals surface area contributed by atoms with Gasteiger partial charge in [0.05, 0.1) is 0 Å². The van der Waals surface area contributed by atoms with E-state index in [1.165, 1.54) is 87.6 Å². The number of rotatable bonds is 2. The molecule has 9 rings (SSSR count). The molecule has 8 aromatic carbocycles. The first-order valence-corrected chi connectivity index (χ1v) is 14.5. The van der Waals surface area contributed by atoms with E-state index in [0.717, 1.165) is 0 Å². The van der Waals surface area contributed by atoms with Gasteiger partial charge in [-0.1, -0.05) is 141 Å². The lowest BCUT2D eigenvalue weighted by atomic mass is 9.81. The molecule has 0 amide bonds. The van der Waals surface area contributed by atoms with Crippen LogP contribution in [0.2, 0.25) is 0 Å². The Kier molecular flexibility index (Phi) is 4.49. The SMILES string of the molecule is CC1(C)c2ccc(-c3ccc4ccc5cccc6ccc3c4c56)cc2-c2c1ccc1c(-c3ccccc3)cccc21. The standard InChI is InChI=1S/C41H28/c1-41(2)36-22-18-29(31-19-16-28-15-14-26-10-6-11-27-17-20-34(31)39(28)38(26)27)24-35(36)40-33-13-7-12-30(25-8-4-3-5-9-25)32(33)21-23-37(40)41/h3-24H,1-2H3. The van der Waals surface area contributed by atoms with E-state index in [0.29, 0.717) is 0 Å². The molecule has 192 valence electrons. The first-order valence-electron chi connectivity index (χ1n) is 14.5. The Hall–Kier alpha value is -4.94.